The standard InChI is InChI=1S/C25H22ClN5O5/c26-17-5-3-16(4-6-17)15-31-24(33)20(29-23(32)21-2-1-12-34-21)14-27-25(31)28-18-7-9-19(10-8-18)36-22-11-13-35-30-22/h3-11,13-14,21H,1-2,12,15H2,(H,27,28)(H,29,32). The first-order chi connectivity index (χ1) is 17.5. The summed E-state index contributed by atoms with van der Waals surface area (Å²) in [6.45, 7) is 0.741. The Bertz CT molecular complexity index is 1380. The van der Waals surface area contributed by atoms with Gasteiger partial charge in [-0.15, -0.1) is 0 Å². The van der Waals surface area contributed by atoms with Crippen LogP contribution in [0.3, 0.4) is 0 Å². The van der Waals surface area contributed by atoms with Crippen LogP contribution < -0.4 is 20.9 Å². The fraction of sp³-hybridized carbons (Fsp3) is 0.200. The first kappa shape index (κ1) is 23.6. The van der Waals surface area contributed by atoms with Gasteiger partial charge in [0.15, 0.2) is 0 Å². The predicted molar refractivity (Wildman–Crippen MR) is 133 cm³/mol. The van der Waals surface area contributed by atoms with Crippen molar-refractivity contribution in [1.29, 1.82) is 0 Å². The van der Waals surface area contributed by atoms with E-state index < -0.39 is 11.7 Å². The van der Waals surface area contributed by atoms with Gasteiger partial charge in [0.1, 0.15) is 23.8 Å². The molecule has 1 fully saturated rings. The lowest BCUT2D eigenvalue weighted by Crippen LogP contribution is -2.33. The van der Waals surface area contributed by atoms with Crippen molar-refractivity contribution in [2.24, 2.45) is 0 Å². The van der Waals surface area contributed by atoms with Gasteiger partial charge in [0.2, 0.25) is 5.95 Å². The molecule has 184 valence electrons. The van der Waals surface area contributed by atoms with Gasteiger partial charge in [0.25, 0.3) is 17.3 Å². The maximum atomic E-state index is 13.4. The van der Waals surface area contributed by atoms with Crippen molar-refractivity contribution in [1.82, 2.24) is 14.7 Å². The highest BCUT2D eigenvalue weighted by Crippen LogP contribution is 2.23. The van der Waals surface area contributed by atoms with Gasteiger partial charge in [0, 0.05) is 23.4 Å². The zero-order valence-electron chi connectivity index (χ0n) is 19.0. The first-order valence-corrected chi connectivity index (χ1v) is 11.6. The largest absolute Gasteiger partial charge is 0.436 e. The Balaban J connectivity index is 1.40. The molecular formula is C25H22ClN5O5. The summed E-state index contributed by atoms with van der Waals surface area (Å²) >= 11 is 6.01. The zero-order chi connectivity index (χ0) is 24.9. The number of aromatic nitrogens is 3. The molecule has 0 radical (unpaired) electrons. The minimum absolute atomic E-state index is 0.0753. The highest BCUT2D eigenvalue weighted by Gasteiger charge is 2.25. The van der Waals surface area contributed by atoms with E-state index in [2.05, 4.69) is 20.8 Å². The molecule has 0 saturated carbocycles. The number of nitrogens with one attached hydrogen (secondary N) is 2. The van der Waals surface area contributed by atoms with Crippen molar-refractivity contribution in [2.75, 3.05) is 17.2 Å². The lowest BCUT2D eigenvalue weighted by molar-refractivity contribution is -0.124. The number of hydrogen-bond donors (Lipinski definition) is 2. The van der Waals surface area contributed by atoms with E-state index in [0.29, 0.717) is 41.3 Å². The summed E-state index contributed by atoms with van der Waals surface area (Å²) < 4.78 is 17.2. The van der Waals surface area contributed by atoms with Crippen LogP contribution >= 0.6 is 11.6 Å². The highest BCUT2D eigenvalue weighted by molar-refractivity contribution is 6.30. The second kappa shape index (κ2) is 10.6. The topological polar surface area (TPSA) is 121 Å². The molecule has 11 heteroatoms. The van der Waals surface area contributed by atoms with E-state index in [1.54, 1.807) is 42.5 Å². The molecule has 3 heterocycles. The van der Waals surface area contributed by atoms with Crippen LogP contribution in [0.5, 0.6) is 11.6 Å². The van der Waals surface area contributed by atoms with E-state index in [1.165, 1.54) is 17.0 Å². The van der Waals surface area contributed by atoms with Gasteiger partial charge < -0.3 is 24.6 Å². The van der Waals surface area contributed by atoms with E-state index in [4.69, 9.17) is 25.6 Å². The third-order valence-corrected chi connectivity index (χ3v) is 5.78. The Labute approximate surface area is 210 Å². The molecule has 36 heavy (non-hydrogen) atoms. The number of benzene rings is 2. The molecule has 0 aliphatic carbocycles. The molecule has 1 aliphatic heterocycles. The summed E-state index contributed by atoms with van der Waals surface area (Å²) in [4.78, 5) is 30.4. The SMILES string of the molecule is O=C(Nc1cnc(Nc2ccc(Oc3ccon3)cc2)n(Cc2ccc(Cl)cc2)c1=O)C1CCCO1. The van der Waals surface area contributed by atoms with Crippen molar-refractivity contribution in [2.45, 2.75) is 25.5 Å². The Kier molecular flexibility index (Phi) is 6.96. The average molecular weight is 508 g/mol. The van der Waals surface area contributed by atoms with Gasteiger partial charge in [-0.3, -0.25) is 14.2 Å². The second-order valence-electron chi connectivity index (χ2n) is 8.09. The van der Waals surface area contributed by atoms with Gasteiger partial charge in [-0.1, -0.05) is 23.7 Å². The molecule has 1 amide bonds. The maximum Gasteiger partial charge on any atom is 0.279 e. The summed E-state index contributed by atoms with van der Waals surface area (Å²) in [6.07, 6.45) is 3.63. The fourth-order valence-corrected chi connectivity index (χ4v) is 3.83. The van der Waals surface area contributed by atoms with Crippen molar-refractivity contribution in [3.8, 4) is 11.6 Å². The number of anilines is 3. The van der Waals surface area contributed by atoms with Crippen molar-refractivity contribution in [3.63, 3.8) is 0 Å². The van der Waals surface area contributed by atoms with Crippen molar-refractivity contribution in [3.05, 3.63) is 88.0 Å². The van der Waals surface area contributed by atoms with Crippen LogP contribution in [0.1, 0.15) is 18.4 Å². The Morgan fingerprint density at radius 3 is 2.64 bits per heavy atom. The van der Waals surface area contributed by atoms with Crippen LogP contribution in [0.4, 0.5) is 17.3 Å². The van der Waals surface area contributed by atoms with Gasteiger partial charge in [0.05, 0.1) is 12.7 Å². The smallest absolute Gasteiger partial charge is 0.279 e. The molecular weight excluding hydrogens is 486 g/mol. The fourth-order valence-electron chi connectivity index (χ4n) is 3.70. The molecule has 1 saturated heterocycles. The molecule has 1 unspecified atom stereocenters. The van der Waals surface area contributed by atoms with E-state index in [0.717, 1.165) is 12.0 Å². The summed E-state index contributed by atoms with van der Waals surface area (Å²) in [7, 11) is 0. The number of hydrogen-bond acceptors (Lipinski definition) is 8. The maximum absolute atomic E-state index is 13.4. The van der Waals surface area contributed by atoms with Crippen LogP contribution in [0.15, 0.2) is 76.4 Å². The highest BCUT2D eigenvalue weighted by atomic mass is 35.5. The number of nitrogens with zero attached hydrogens (tertiary/aromatic N) is 3. The molecule has 4 aromatic rings. The number of ether oxygens (including phenoxy) is 2. The summed E-state index contributed by atoms with van der Waals surface area (Å²) in [5.41, 5.74) is 1.19. The van der Waals surface area contributed by atoms with Crippen LogP contribution in [-0.2, 0) is 16.1 Å². The normalized spacial score (nSPS) is 15.0. The number of carbonyl (C=O) groups is 1. The monoisotopic (exact) mass is 507 g/mol. The van der Waals surface area contributed by atoms with Gasteiger partial charge in [-0.25, -0.2) is 4.98 Å². The Morgan fingerprint density at radius 1 is 1.14 bits per heavy atom. The van der Waals surface area contributed by atoms with Gasteiger partial charge in [-0.05, 0) is 60.0 Å². The van der Waals surface area contributed by atoms with Crippen LogP contribution in [0, 0.1) is 0 Å². The number of carbonyl (C=O) groups excluding carboxylic acids is 1. The quantitative estimate of drug-likeness (QED) is 0.355. The van der Waals surface area contributed by atoms with Gasteiger partial charge >= 0.3 is 0 Å². The minimum atomic E-state index is -0.565. The average Bonchev–Trinajstić information content (AvgIpc) is 3.60. The van der Waals surface area contributed by atoms with E-state index >= 15 is 0 Å². The number of halogens is 1. The zero-order valence-corrected chi connectivity index (χ0v) is 19.8. The summed E-state index contributed by atoms with van der Waals surface area (Å²) in [5.74, 6) is 0.853. The molecule has 0 bridgehead atoms. The minimum Gasteiger partial charge on any atom is -0.436 e. The Hall–Kier alpha value is -4.15. The third kappa shape index (κ3) is 5.56. The van der Waals surface area contributed by atoms with Crippen LogP contribution in [0.25, 0.3) is 0 Å². The molecule has 5 rings (SSSR count). The van der Waals surface area contributed by atoms with E-state index in [1.807, 2.05) is 12.1 Å². The second-order valence-corrected chi connectivity index (χ2v) is 8.53. The summed E-state index contributed by atoms with van der Waals surface area (Å²) in [5, 5.41) is 10.1. The molecule has 10 nitrogen and oxygen atoms in total. The van der Waals surface area contributed by atoms with E-state index in [9.17, 15) is 9.59 Å². The lowest BCUT2D eigenvalue weighted by atomic mass is 10.2. The number of rotatable bonds is 8. The Morgan fingerprint density at radius 2 is 1.94 bits per heavy atom. The summed E-state index contributed by atoms with van der Waals surface area (Å²) in [6, 6.07) is 15.8. The third-order valence-electron chi connectivity index (χ3n) is 5.53. The van der Waals surface area contributed by atoms with Crippen LogP contribution in [-0.4, -0.2) is 33.3 Å². The van der Waals surface area contributed by atoms with E-state index in [-0.39, 0.29) is 18.1 Å². The molecule has 2 aromatic heterocycles. The molecule has 2 N–H and O–H groups in total. The molecule has 0 spiro atoms. The lowest BCUT2D eigenvalue weighted by Gasteiger charge is -2.16. The molecule has 1 aliphatic rings. The van der Waals surface area contributed by atoms with Crippen LogP contribution in [0.2, 0.25) is 5.02 Å². The number of amides is 1. The van der Waals surface area contributed by atoms with Gasteiger partial charge in [-0.2, -0.15) is 0 Å². The molecule has 2 aromatic carbocycles. The van der Waals surface area contributed by atoms with Crippen molar-refractivity contribution < 1.29 is 18.8 Å². The molecule has 1 atom stereocenters. The first-order valence-electron chi connectivity index (χ1n) is 11.3. The predicted octanol–water partition coefficient (Wildman–Crippen LogP) is 4.59. The van der Waals surface area contributed by atoms with Crippen molar-refractivity contribution >= 4 is 34.8 Å².